The van der Waals surface area contributed by atoms with Gasteiger partial charge in [0.1, 0.15) is 0 Å². The highest BCUT2D eigenvalue weighted by Crippen LogP contribution is 2.17. The van der Waals surface area contributed by atoms with Crippen LogP contribution in [-0.2, 0) is 10.2 Å². The monoisotopic (exact) mass is 270 g/mol. The van der Waals surface area contributed by atoms with Crippen LogP contribution in [0.2, 0.25) is 0 Å². The standard InChI is InChI=1S/C11H14N2O4S/c14-11(15)9-4-3-5-10(8-9)12-18(16,17)13-6-1-2-7-13/h3-5,8,12H,1-2,6-7H2,(H,14,15). The van der Waals surface area contributed by atoms with Crippen molar-refractivity contribution in [2.24, 2.45) is 0 Å². The van der Waals surface area contributed by atoms with Crippen LogP contribution in [0.3, 0.4) is 0 Å². The number of carbonyl (C=O) groups is 1. The zero-order valence-electron chi connectivity index (χ0n) is 9.67. The van der Waals surface area contributed by atoms with E-state index in [2.05, 4.69) is 4.72 Å². The predicted octanol–water partition coefficient (Wildman–Crippen LogP) is 1.14. The Hall–Kier alpha value is -1.60. The lowest BCUT2D eigenvalue weighted by Gasteiger charge is -2.16. The van der Waals surface area contributed by atoms with Crippen molar-refractivity contribution in [3.05, 3.63) is 29.8 Å². The van der Waals surface area contributed by atoms with Crippen molar-refractivity contribution in [2.75, 3.05) is 17.8 Å². The van der Waals surface area contributed by atoms with Gasteiger partial charge in [-0.05, 0) is 31.0 Å². The zero-order valence-corrected chi connectivity index (χ0v) is 10.5. The molecule has 0 bridgehead atoms. The Morgan fingerprint density at radius 3 is 2.56 bits per heavy atom. The molecule has 18 heavy (non-hydrogen) atoms. The van der Waals surface area contributed by atoms with Gasteiger partial charge in [0.2, 0.25) is 0 Å². The van der Waals surface area contributed by atoms with Crippen LogP contribution in [0.25, 0.3) is 0 Å². The lowest BCUT2D eigenvalue weighted by molar-refractivity contribution is 0.0697. The quantitative estimate of drug-likeness (QED) is 0.858. The third kappa shape index (κ3) is 2.80. The summed E-state index contributed by atoms with van der Waals surface area (Å²) in [4.78, 5) is 10.8. The van der Waals surface area contributed by atoms with Crippen molar-refractivity contribution in [1.82, 2.24) is 4.31 Å². The molecule has 1 heterocycles. The van der Waals surface area contributed by atoms with E-state index in [1.54, 1.807) is 0 Å². The van der Waals surface area contributed by atoms with Gasteiger partial charge in [0.05, 0.1) is 11.3 Å². The van der Waals surface area contributed by atoms with Crippen LogP contribution < -0.4 is 4.72 Å². The molecule has 1 saturated heterocycles. The number of aromatic carboxylic acids is 1. The SMILES string of the molecule is O=C(O)c1cccc(NS(=O)(=O)N2CCCC2)c1. The minimum absolute atomic E-state index is 0.0524. The minimum Gasteiger partial charge on any atom is -0.478 e. The Kier molecular flexibility index (Phi) is 3.53. The Morgan fingerprint density at radius 1 is 1.28 bits per heavy atom. The smallest absolute Gasteiger partial charge is 0.335 e. The number of hydrogen-bond donors (Lipinski definition) is 2. The molecule has 2 N–H and O–H groups in total. The number of anilines is 1. The minimum atomic E-state index is -3.57. The van der Waals surface area contributed by atoms with Gasteiger partial charge in [-0.15, -0.1) is 0 Å². The van der Waals surface area contributed by atoms with E-state index in [1.807, 2.05) is 0 Å². The van der Waals surface area contributed by atoms with Crippen LogP contribution >= 0.6 is 0 Å². The van der Waals surface area contributed by atoms with Gasteiger partial charge in [0.15, 0.2) is 0 Å². The first-order valence-corrected chi connectivity index (χ1v) is 7.04. The summed E-state index contributed by atoms with van der Waals surface area (Å²) in [6, 6.07) is 5.75. The van der Waals surface area contributed by atoms with E-state index < -0.39 is 16.2 Å². The molecule has 0 aromatic heterocycles. The normalized spacial score (nSPS) is 16.7. The van der Waals surface area contributed by atoms with Crippen LogP contribution in [0.4, 0.5) is 5.69 Å². The summed E-state index contributed by atoms with van der Waals surface area (Å²) in [6.45, 7) is 1.02. The molecule has 7 heteroatoms. The molecule has 1 aromatic rings. The summed E-state index contributed by atoms with van der Waals surface area (Å²) in [5.74, 6) is -1.09. The summed E-state index contributed by atoms with van der Waals surface area (Å²) in [5.41, 5.74) is 0.318. The third-order valence-corrected chi connectivity index (χ3v) is 4.30. The van der Waals surface area contributed by atoms with Crippen molar-refractivity contribution in [2.45, 2.75) is 12.8 Å². The molecular weight excluding hydrogens is 256 g/mol. The van der Waals surface area contributed by atoms with Gasteiger partial charge in [-0.25, -0.2) is 4.79 Å². The number of carboxylic acid groups (broad SMARTS) is 1. The highest BCUT2D eigenvalue weighted by atomic mass is 32.2. The van der Waals surface area contributed by atoms with E-state index in [0.29, 0.717) is 13.1 Å². The van der Waals surface area contributed by atoms with Crippen molar-refractivity contribution in [3.8, 4) is 0 Å². The zero-order chi connectivity index (χ0) is 13.2. The average Bonchev–Trinajstić information content (AvgIpc) is 2.82. The van der Waals surface area contributed by atoms with Crippen LogP contribution in [0, 0.1) is 0 Å². The molecule has 0 spiro atoms. The van der Waals surface area contributed by atoms with Crippen LogP contribution in [0.15, 0.2) is 24.3 Å². The summed E-state index contributed by atoms with van der Waals surface area (Å²) >= 11 is 0. The Bertz CT molecular complexity index is 550. The lowest BCUT2D eigenvalue weighted by Crippen LogP contribution is -2.33. The van der Waals surface area contributed by atoms with E-state index in [1.165, 1.54) is 28.6 Å². The molecule has 6 nitrogen and oxygen atoms in total. The third-order valence-electron chi connectivity index (χ3n) is 2.76. The topological polar surface area (TPSA) is 86.7 Å². The largest absolute Gasteiger partial charge is 0.478 e. The van der Waals surface area contributed by atoms with Crippen molar-refractivity contribution in [3.63, 3.8) is 0 Å². The predicted molar refractivity (Wildman–Crippen MR) is 66.8 cm³/mol. The van der Waals surface area contributed by atoms with Crippen LogP contribution in [0.1, 0.15) is 23.2 Å². The molecule has 1 aromatic carbocycles. The second-order valence-corrected chi connectivity index (χ2v) is 5.77. The highest BCUT2D eigenvalue weighted by molar-refractivity contribution is 7.90. The van der Waals surface area contributed by atoms with Crippen LogP contribution in [-0.4, -0.2) is 36.9 Å². The molecule has 0 unspecified atom stereocenters. The van der Waals surface area contributed by atoms with E-state index in [9.17, 15) is 13.2 Å². The molecular formula is C11H14N2O4S. The van der Waals surface area contributed by atoms with Gasteiger partial charge < -0.3 is 5.11 Å². The summed E-state index contributed by atoms with van der Waals surface area (Å²) in [5, 5.41) is 8.83. The molecule has 98 valence electrons. The van der Waals surface area contributed by atoms with Gasteiger partial charge in [0.25, 0.3) is 0 Å². The van der Waals surface area contributed by atoms with Crippen molar-refractivity contribution >= 4 is 21.9 Å². The summed E-state index contributed by atoms with van der Waals surface area (Å²) in [6.07, 6.45) is 1.71. The van der Waals surface area contributed by atoms with Gasteiger partial charge >= 0.3 is 16.2 Å². The number of nitrogens with zero attached hydrogens (tertiary/aromatic N) is 1. The first-order valence-electron chi connectivity index (χ1n) is 5.60. The maximum absolute atomic E-state index is 12.0. The molecule has 0 aliphatic carbocycles. The highest BCUT2D eigenvalue weighted by Gasteiger charge is 2.25. The van der Waals surface area contributed by atoms with Gasteiger partial charge in [-0.2, -0.15) is 12.7 Å². The molecule has 0 saturated carbocycles. The Balaban J connectivity index is 2.18. The second kappa shape index (κ2) is 4.95. The molecule has 0 atom stereocenters. The van der Waals surface area contributed by atoms with E-state index in [4.69, 9.17) is 5.11 Å². The second-order valence-electron chi connectivity index (χ2n) is 4.10. The molecule has 1 aliphatic heterocycles. The summed E-state index contributed by atoms with van der Waals surface area (Å²) in [7, 11) is -3.57. The maximum Gasteiger partial charge on any atom is 0.335 e. The Labute approximate surface area is 105 Å². The summed E-state index contributed by atoms with van der Waals surface area (Å²) < 4.78 is 27.7. The van der Waals surface area contributed by atoms with E-state index >= 15 is 0 Å². The number of carboxylic acids is 1. The molecule has 0 radical (unpaired) electrons. The number of hydrogen-bond acceptors (Lipinski definition) is 3. The van der Waals surface area contributed by atoms with E-state index in [0.717, 1.165) is 12.8 Å². The lowest BCUT2D eigenvalue weighted by atomic mass is 10.2. The average molecular weight is 270 g/mol. The van der Waals surface area contributed by atoms with Crippen LogP contribution in [0.5, 0.6) is 0 Å². The number of rotatable bonds is 4. The molecule has 1 fully saturated rings. The molecule has 1 aliphatic rings. The molecule has 0 amide bonds. The first kappa shape index (κ1) is 12.8. The fraction of sp³-hybridized carbons (Fsp3) is 0.364. The Morgan fingerprint density at radius 2 is 1.94 bits per heavy atom. The van der Waals surface area contributed by atoms with Gasteiger partial charge in [-0.3, -0.25) is 4.72 Å². The first-order chi connectivity index (χ1) is 8.49. The van der Waals surface area contributed by atoms with Crippen molar-refractivity contribution < 1.29 is 18.3 Å². The van der Waals surface area contributed by atoms with Gasteiger partial charge in [-0.1, -0.05) is 6.07 Å². The van der Waals surface area contributed by atoms with Gasteiger partial charge in [0, 0.05) is 13.1 Å². The number of benzene rings is 1. The fourth-order valence-corrected chi connectivity index (χ4v) is 3.15. The number of nitrogens with one attached hydrogen (secondary N) is 1. The maximum atomic E-state index is 12.0. The van der Waals surface area contributed by atoms with E-state index in [-0.39, 0.29) is 11.3 Å². The molecule has 2 rings (SSSR count). The van der Waals surface area contributed by atoms with Crippen molar-refractivity contribution in [1.29, 1.82) is 0 Å². The fourth-order valence-electron chi connectivity index (χ4n) is 1.86.